The molecule has 0 aromatic heterocycles. The quantitative estimate of drug-likeness (QED) is 0.685. The second kappa shape index (κ2) is 5.88. The van der Waals surface area contributed by atoms with Crippen LogP contribution in [0.4, 0.5) is 10.5 Å². The Bertz CT molecular complexity index is 825. The number of nitrogens with one attached hydrogen (secondary N) is 1. The van der Waals surface area contributed by atoms with Crippen molar-refractivity contribution in [2.75, 3.05) is 4.90 Å². The van der Waals surface area contributed by atoms with Gasteiger partial charge in [0.2, 0.25) is 0 Å². The molecule has 0 unspecified atom stereocenters. The number of hydrogen-bond donors (Lipinski definition) is 1. The Labute approximate surface area is 133 Å². The van der Waals surface area contributed by atoms with Crippen LogP contribution in [0.1, 0.15) is 11.1 Å². The number of amides is 4. The highest BCUT2D eigenvalue weighted by molar-refractivity contribution is 6.39. The van der Waals surface area contributed by atoms with Crippen LogP contribution in [0.15, 0.2) is 60.2 Å². The van der Waals surface area contributed by atoms with Crippen LogP contribution in [-0.4, -0.2) is 17.8 Å². The fraction of sp³-hybridized carbons (Fsp3) is 0.0556. The lowest BCUT2D eigenvalue weighted by atomic mass is 10.1. The molecule has 4 amide bonds. The van der Waals surface area contributed by atoms with Gasteiger partial charge in [-0.3, -0.25) is 14.9 Å². The Morgan fingerprint density at radius 1 is 0.913 bits per heavy atom. The number of benzene rings is 2. The van der Waals surface area contributed by atoms with Gasteiger partial charge in [-0.05, 0) is 30.2 Å². The molecule has 0 aliphatic carbocycles. The summed E-state index contributed by atoms with van der Waals surface area (Å²) in [5, 5.41) is 2.21. The van der Waals surface area contributed by atoms with Crippen molar-refractivity contribution in [3.05, 3.63) is 71.3 Å². The summed E-state index contributed by atoms with van der Waals surface area (Å²) in [4.78, 5) is 37.8. The molecule has 1 aliphatic rings. The number of imide groups is 2. The molecule has 1 saturated heterocycles. The van der Waals surface area contributed by atoms with E-state index < -0.39 is 17.8 Å². The monoisotopic (exact) mass is 306 g/mol. The van der Waals surface area contributed by atoms with Crippen LogP contribution < -0.4 is 10.2 Å². The van der Waals surface area contributed by atoms with E-state index in [1.807, 2.05) is 24.3 Å². The summed E-state index contributed by atoms with van der Waals surface area (Å²) in [5.74, 6) is -1.31. The van der Waals surface area contributed by atoms with Gasteiger partial charge in [0.1, 0.15) is 5.57 Å². The smallest absolute Gasteiger partial charge is 0.273 e. The van der Waals surface area contributed by atoms with Crippen molar-refractivity contribution >= 4 is 29.6 Å². The van der Waals surface area contributed by atoms with Gasteiger partial charge in [-0.1, -0.05) is 48.5 Å². The van der Waals surface area contributed by atoms with Crippen molar-refractivity contribution in [2.45, 2.75) is 6.92 Å². The second-order valence-electron chi connectivity index (χ2n) is 5.16. The van der Waals surface area contributed by atoms with Gasteiger partial charge in [0, 0.05) is 0 Å². The molecule has 1 heterocycles. The summed E-state index contributed by atoms with van der Waals surface area (Å²) in [6.45, 7) is 1.80. The van der Waals surface area contributed by atoms with Gasteiger partial charge in [-0.2, -0.15) is 0 Å². The number of hydrogen-bond acceptors (Lipinski definition) is 3. The number of carbonyl (C=O) groups excluding carboxylic acids is 3. The van der Waals surface area contributed by atoms with Crippen LogP contribution >= 0.6 is 0 Å². The number of carbonyl (C=O) groups is 3. The number of barbiturate groups is 1. The van der Waals surface area contributed by atoms with Crippen LogP contribution in [-0.2, 0) is 9.59 Å². The van der Waals surface area contributed by atoms with Crippen LogP contribution in [0.3, 0.4) is 0 Å². The van der Waals surface area contributed by atoms with Crippen LogP contribution in [0.25, 0.3) is 6.08 Å². The number of anilines is 1. The molecule has 1 fully saturated rings. The molecule has 0 atom stereocenters. The summed E-state index contributed by atoms with van der Waals surface area (Å²) in [5.41, 5.74) is 1.87. The van der Waals surface area contributed by atoms with Gasteiger partial charge in [-0.25, -0.2) is 9.69 Å². The first kappa shape index (κ1) is 14.7. The molecular weight excluding hydrogens is 292 g/mol. The van der Waals surface area contributed by atoms with Gasteiger partial charge >= 0.3 is 6.03 Å². The molecule has 0 bridgehead atoms. The van der Waals surface area contributed by atoms with Crippen LogP contribution in [0, 0.1) is 6.92 Å². The summed E-state index contributed by atoms with van der Waals surface area (Å²) in [6, 6.07) is 15.3. The molecule has 3 rings (SSSR count). The molecule has 0 spiro atoms. The van der Waals surface area contributed by atoms with Gasteiger partial charge < -0.3 is 0 Å². The topological polar surface area (TPSA) is 66.5 Å². The van der Waals surface area contributed by atoms with Crippen molar-refractivity contribution in [1.29, 1.82) is 0 Å². The molecule has 1 N–H and O–H groups in total. The van der Waals surface area contributed by atoms with Crippen LogP contribution in [0.2, 0.25) is 0 Å². The van der Waals surface area contributed by atoms with E-state index in [1.165, 1.54) is 6.08 Å². The van der Waals surface area contributed by atoms with Gasteiger partial charge in [-0.15, -0.1) is 0 Å². The summed E-state index contributed by atoms with van der Waals surface area (Å²) < 4.78 is 0. The third kappa shape index (κ3) is 2.76. The minimum atomic E-state index is -0.737. The standard InChI is InChI=1S/C18H14N2O3/c1-12-7-5-6-10-15(12)20-17(22)14(16(21)19-18(20)23)11-13-8-3-2-4-9-13/h2-11H,1H3,(H,19,21,23)/b14-11+. The zero-order valence-corrected chi connectivity index (χ0v) is 12.4. The predicted octanol–water partition coefficient (Wildman–Crippen LogP) is 2.66. The van der Waals surface area contributed by atoms with Crippen molar-refractivity contribution in [2.24, 2.45) is 0 Å². The Balaban J connectivity index is 2.05. The average Bonchev–Trinajstić information content (AvgIpc) is 2.54. The van der Waals surface area contributed by atoms with E-state index in [4.69, 9.17) is 0 Å². The first-order valence-corrected chi connectivity index (χ1v) is 7.10. The molecule has 0 saturated carbocycles. The maximum absolute atomic E-state index is 12.7. The van der Waals surface area contributed by atoms with Crippen molar-refractivity contribution in [3.63, 3.8) is 0 Å². The lowest BCUT2D eigenvalue weighted by Gasteiger charge is -2.27. The first-order valence-electron chi connectivity index (χ1n) is 7.10. The zero-order chi connectivity index (χ0) is 16.4. The number of para-hydroxylation sites is 1. The number of urea groups is 1. The summed E-state index contributed by atoms with van der Waals surface area (Å²) >= 11 is 0. The summed E-state index contributed by atoms with van der Waals surface area (Å²) in [7, 11) is 0. The van der Waals surface area contributed by atoms with Crippen molar-refractivity contribution in [3.8, 4) is 0 Å². The van der Waals surface area contributed by atoms with Crippen molar-refractivity contribution in [1.82, 2.24) is 5.32 Å². The lowest BCUT2D eigenvalue weighted by Crippen LogP contribution is -2.54. The minimum absolute atomic E-state index is 0.0703. The first-order chi connectivity index (χ1) is 11.1. The second-order valence-corrected chi connectivity index (χ2v) is 5.16. The highest BCUT2D eigenvalue weighted by atomic mass is 16.2. The Morgan fingerprint density at radius 3 is 2.26 bits per heavy atom. The molecule has 1 aliphatic heterocycles. The molecular formula is C18H14N2O3. The molecule has 5 heteroatoms. The maximum Gasteiger partial charge on any atom is 0.335 e. The van der Waals surface area contributed by atoms with E-state index in [-0.39, 0.29) is 5.57 Å². The van der Waals surface area contributed by atoms with E-state index in [0.29, 0.717) is 11.3 Å². The van der Waals surface area contributed by atoms with E-state index in [0.717, 1.165) is 10.5 Å². The molecule has 2 aromatic rings. The molecule has 2 aromatic carbocycles. The van der Waals surface area contributed by atoms with Gasteiger partial charge in [0.15, 0.2) is 0 Å². The highest BCUT2D eigenvalue weighted by Gasteiger charge is 2.37. The average molecular weight is 306 g/mol. The largest absolute Gasteiger partial charge is 0.335 e. The van der Waals surface area contributed by atoms with E-state index in [1.54, 1.807) is 37.3 Å². The molecule has 114 valence electrons. The minimum Gasteiger partial charge on any atom is -0.273 e. The fourth-order valence-corrected chi connectivity index (χ4v) is 2.41. The SMILES string of the molecule is Cc1ccccc1N1C(=O)NC(=O)/C(=C\c2ccccc2)C1=O. The van der Waals surface area contributed by atoms with E-state index >= 15 is 0 Å². The molecule has 5 nitrogen and oxygen atoms in total. The van der Waals surface area contributed by atoms with E-state index in [9.17, 15) is 14.4 Å². The Kier molecular flexibility index (Phi) is 3.76. The van der Waals surface area contributed by atoms with E-state index in [2.05, 4.69) is 5.32 Å². The zero-order valence-electron chi connectivity index (χ0n) is 12.4. The lowest BCUT2D eigenvalue weighted by molar-refractivity contribution is -0.122. The van der Waals surface area contributed by atoms with Gasteiger partial charge in [0.25, 0.3) is 11.8 Å². The van der Waals surface area contributed by atoms with Gasteiger partial charge in [0.05, 0.1) is 5.69 Å². The fourth-order valence-electron chi connectivity index (χ4n) is 2.41. The Morgan fingerprint density at radius 2 is 1.57 bits per heavy atom. The Hall–Kier alpha value is -3.21. The van der Waals surface area contributed by atoms with Crippen molar-refractivity contribution < 1.29 is 14.4 Å². The highest BCUT2D eigenvalue weighted by Crippen LogP contribution is 2.24. The third-order valence-corrected chi connectivity index (χ3v) is 3.57. The maximum atomic E-state index is 12.7. The number of rotatable bonds is 2. The molecule has 0 radical (unpaired) electrons. The summed E-state index contributed by atoms with van der Waals surface area (Å²) in [6.07, 6.45) is 1.48. The third-order valence-electron chi connectivity index (χ3n) is 3.57. The number of nitrogens with zero attached hydrogens (tertiary/aromatic N) is 1. The normalized spacial score (nSPS) is 16.7. The molecule has 23 heavy (non-hydrogen) atoms. The number of aryl methyl sites for hydroxylation is 1. The van der Waals surface area contributed by atoms with Crippen LogP contribution in [0.5, 0.6) is 0 Å². The predicted molar refractivity (Wildman–Crippen MR) is 86.6 cm³/mol.